The molecule has 3 rings (SSSR count). The van der Waals surface area contributed by atoms with Crippen molar-refractivity contribution in [3.8, 4) is 0 Å². The fourth-order valence-electron chi connectivity index (χ4n) is 2.64. The third-order valence-electron chi connectivity index (χ3n) is 4.18. The Morgan fingerprint density at radius 1 is 1.30 bits per heavy atom. The minimum Gasteiger partial charge on any atom is -0.223 e. The largest absolute Gasteiger partial charge is 0.235 e. The number of rotatable bonds is 4. The summed E-state index contributed by atoms with van der Waals surface area (Å²) in [5.74, 6) is 0. The van der Waals surface area contributed by atoms with Gasteiger partial charge in [0, 0.05) is 0 Å². The molecular weight excluding hydrogens is 298 g/mol. The number of halogens is 1. The third-order valence-corrected chi connectivity index (χ3v) is 6.92. The van der Waals surface area contributed by atoms with E-state index in [0.717, 1.165) is 24.8 Å². The third kappa shape index (κ3) is 2.10. The number of aliphatic imine (C=N–C) groups is 1. The van der Waals surface area contributed by atoms with Crippen molar-refractivity contribution in [1.82, 2.24) is 0 Å². The molecule has 106 valence electrons. The monoisotopic (exact) mass is 311 g/mol. The number of hydrogen-bond donors (Lipinski definition) is 0. The Bertz CT molecular complexity index is 699. The van der Waals surface area contributed by atoms with Crippen LogP contribution in [0, 0.1) is 0 Å². The van der Waals surface area contributed by atoms with E-state index in [9.17, 15) is 13.2 Å². The highest BCUT2D eigenvalue weighted by Gasteiger charge is 2.41. The van der Waals surface area contributed by atoms with Crippen molar-refractivity contribution in [3.05, 3.63) is 28.8 Å². The maximum atomic E-state index is 12.2. The standard InChI is InChI=1S/C14H14ClNO3S/c15-12-8-10(14(16-9-17)6-1-7-14)2-5-13(12)20(18,19)11-3-4-11/h2,5,8,11H,1,3-4,6-7H2. The van der Waals surface area contributed by atoms with Crippen LogP contribution in [0.1, 0.15) is 37.7 Å². The summed E-state index contributed by atoms with van der Waals surface area (Å²) in [5.41, 5.74) is 0.250. The van der Waals surface area contributed by atoms with E-state index in [2.05, 4.69) is 4.99 Å². The van der Waals surface area contributed by atoms with Crippen LogP contribution in [0.25, 0.3) is 0 Å². The molecule has 2 aliphatic rings. The lowest BCUT2D eigenvalue weighted by Gasteiger charge is -2.37. The van der Waals surface area contributed by atoms with Gasteiger partial charge in [0.05, 0.1) is 20.7 Å². The molecule has 0 saturated heterocycles. The molecule has 1 aromatic carbocycles. The lowest BCUT2D eigenvalue weighted by Crippen LogP contribution is -2.31. The Hall–Kier alpha value is -1.16. The lowest BCUT2D eigenvalue weighted by atomic mass is 9.72. The second-order valence-electron chi connectivity index (χ2n) is 5.48. The molecule has 0 N–H and O–H groups in total. The highest BCUT2D eigenvalue weighted by molar-refractivity contribution is 7.92. The summed E-state index contributed by atoms with van der Waals surface area (Å²) >= 11 is 6.15. The maximum absolute atomic E-state index is 12.2. The number of sulfone groups is 1. The van der Waals surface area contributed by atoms with Gasteiger partial charge in [0.25, 0.3) is 0 Å². The van der Waals surface area contributed by atoms with E-state index in [0.29, 0.717) is 12.8 Å². The van der Waals surface area contributed by atoms with Crippen molar-refractivity contribution in [2.75, 3.05) is 0 Å². The number of carbonyl (C=O) groups excluding carboxylic acids is 1. The summed E-state index contributed by atoms with van der Waals surface area (Å²) in [7, 11) is -3.30. The predicted octanol–water partition coefficient (Wildman–Crippen LogP) is 2.99. The predicted molar refractivity (Wildman–Crippen MR) is 75.3 cm³/mol. The molecule has 6 heteroatoms. The Morgan fingerprint density at radius 3 is 2.45 bits per heavy atom. The summed E-state index contributed by atoms with van der Waals surface area (Å²) in [6.45, 7) is 0. The summed E-state index contributed by atoms with van der Waals surface area (Å²) in [6, 6.07) is 4.91. The van der Waals surface area contributed by atoms with Gasteiger partial charge in [0.15, 0.2) is 9.84 Å². The van der Waals surface area contributed by atoms with Gasteiger partial charge in [-0.1, -0.05) is 17.7 Å². The number of nitrogens with zero attached hydrogens (tertiary/aromatic N) is 1. The van der Waals surface area contributed by atoms with Crippen LogP contribution in [0.15, 0.2) is 28.1 Å². The highest BCUT2D eigenvalue weighted by Crippen LogP contribution is 2.46. The van der Waals surface area contributed by atoms with Gasteiger partial charge in [-0.3, -0.25) is 0 Å². The van der Waals surface area contributed by atoms with Crippen LogP contribution in [0.3, 0.4) is 0 Å². The second kappa shape index (κ2) is 4.69. The molecule has 2 aliphatic carbocycles. The summed E-state index contributed by atoms with van der Waals surface area (Å²) in [5, 5.41) is -0.0571. The average molecular weight is 312 g/mol. The number of benzene rings is 1. The van der Waals surface area contributed by atoms with Gasteiger partial charge >= 0.3 is 0 Å². The van der Waals surface area contributed by atoms with Crippen molar-refractivity contribution in [2.24, 2.45) is 4.99 Å². The number of isocyanates is 1. The van der Waals surface area contributed by atoms with Crippen molar-refractivity contribution in [2.45, 2.75) is 47.8 Å². The zero-order chi connectivity index (χ0) is 14.4. The molecular formula is C14H14ClNO3S. The zero-order valence-corrected chi connectivity index (χ0v) is 12.4. The first-order valence-corrected chi connectivity index (χ1v) is 8.55. The van der Waals surface area contributed by atoms with Crippen LogP contribution in [0.4, 0.5) is 0 Å². The van der Waals surface area contributed by atoms with Gasteiger partial charge in [-0.2, -0.15) is 4.99 Å². The molecule has 4 nitrogen and oxygen atoms in total. The van der Waals surface area contributed by atoms with E-state index < -0.39 is 15.4 Å². The fourth-order valence-corrected chi connectivity index (χ4v) is 4.85. The molecule has 0 aliphatic heterocycles. The first-order valence-electron chi connectivity index (χ1n) is 6.63. The van der Waals surface area contributed by atoms with E-state index in [1.807, 2.05) is 0 Å². The average Bonchev–Trinajstić information content (AvgIpc) is 3.17. The van der Waals surface area contributed by atoms with Gasteiger partial charge < -0.3 is 0 Å². The van der Waals surface area contributed by atoms with Crippen molar-refractivity contribution >= 4 is 27.5 Å². The summed E-state index contributed by atoms with van der Waals surface area (Å²) in [4.78, 5) is 14.7. The highest BCUT2D eigenvalue weighted by atomic mass is 35.5. The van der Waals surface area contributed by atoms with Crippen LogP contribution in [0.2, 0.25) is 5.02 Å². The molecule has 0 bridgehead atoms. The van der Waals surface area contributed by atoms with E-state index >= 15 is 0 Å². The van der Waals surface area contributed by atoms with Crippen molar-refractivity contribution in [3.63, 3.8) is 0 Å². The topological polar surface area (TPSA) is 63.6 Å². The van der Waals surface area contributed by atoms with Gasteiger partial charge in [-0.25, -0.2) is 13.2 Å². The normalized spacial score (nSPS) is 20.9. The van der Waals surface area contributed by atoms with Gasteiger partial charge in [-0.05, 0) is 49.8 Å². The van der Waals surface area contributed by atoms with E-state index in [1.54, 1.807) is 24.3 Å². The van der Waals surface area contributed by atoms with Crippen LogP contribution in [-0.2, 0) is 20.2 Å². The smallest absolute Gasteiger partial charge is 0.223 e. The minimum absolute atomic E-state index is 0.190. The summed E-state index contributed by atoms with van der Waals surface area (Å²) < 4.78 is 24.4. The van der Waals surface area contributed by atoms with E-state index in [1.165, 1.54) is 0 Å². The molecule has 0 radical (unpaired) electrons. The quantitative estimate of drug-likeness (QED) is 0.634. The molecule has 0 heterocycles. The van der Waals surface area contributed by atoms with Crippen LogP contribution >= 0.6 is 11.6 Å². The number of hydrogen-bond acceptors (Lipinski definition) is 4. The lowest BCUT2D eigenvalue weighted by molar-refractivity contribution is 0.256. The maximum Gasteiger partial charge on any atom is 0.235 e. The fraction of sp³-hybridized carbons (Fsp3) is 0.500. The molecule has 0 unspecified atom stereocenters. The summed E-state index contributed by atoms with van der Waals surface area (Å²) in [6.07, 6.45) is 5.56. The molecule has 0 atom stereocenters. The van der Waals surface area contributed by atoms with Gasteiger partial charge in [0.1, 0.15) is 0 Å². The molecule has 2 fully saturated rings. The molecule has 2 saturated carbocycles. The second-order valence-corrected chi connectivity index (χ2v) is 8.08. The Balaban J connectivity index is 2.01. The molecule has 1 aromatic rings. The van der Waals surface area contributed by atoms with Gasteiger partial charge in [0.2, 0.25) is 6.08 Å². The van der Waals surface area contributed by atoms with Crippen LogP contribution < -0.4 is 0 Å². The van der Waals surface area contributed by atoms with Crippen LogP contribution in [-0.4, -0.2) is 19.7 Å². The molecule has 0 spiro atoms. The Kier molecular flexibility index (Phi) is 3.24. The SMILES string of the molecule is O=C=NC1(c2ccc(S(=O)(=O)C3CC3)c(Cl)c2)CCC1. The molecule has 0 aromatic heterocycles. The first-order chi connectivity index (χ1) is 9.49. The molecule has 20 heavy (non-hydrogen) atoms. The van der Waals surface area contributed by atoms with E-state index in [4.69, 9.17) is 11.6 Å². The molecule has 0 amide bonds. The van der Waals surface area contributed by atoms with Gasteiger partial charge in [-0.15, -0.1) is 0 Å². The van der Waals surface area contributed by atoms with Crippen LogP contribution in [0.5, 0.6) is 0 Å². The zero-order valence-electron chi connectivity index (χ0n) is 10.8. The van der Waals surface area contributed by atoms with Crippen molar-refractivity contribution < 1.29 is 13.2 Å². The Labute approximate surface area is 122 Å². The van der Waals surface area contributed by atoms with Crippen molar-refractivity contribution in [1.29, 1.82) is 0 Å². The first kappa shape index (κ1) is 13.8. The Morgan fingerprint density at radius 2 is 2.00 bits per heavy atom. The minimum atomic E-state index is -3.30. The van der Waals surface area contributed by atoms with E-state index in [-0.39, 0.29) is 15.2 Å².